The van der Waals surface area contributed by atoms with Crippen LogP contribution in [0.2, 0.25) is 5.02 Å². The van der Waals surface area contributed by atoms with Crippen molar-refractivity contribution in [1.82, 2.24) is 20.4 Å². The van der Waals surface area contributed by atoms with Gasteiger partial charge in [0.1, 0.15) is 0 Å². The van der Waals surface area contributed by atoms with Crippen LogP contribution in [-0.2, 0) is 0 Å². The Bertz CT molecular complexity index is 874. The van der Waals surface area contributed by atoms with Crippen LogP contribution in [0.3, 0.4) is 0 Å². The highest BCUT2D eigenvalue weighted by atomic mass is 79.9. The fourth-order valence-corrected chi connectivity index (χ4v) is 2.25. The summed E-state index contributed by atoms with van der Waals surface area (Å²) in [6.07, 6.45) is 3.07. The van der Waals surface area contributed by atoms with Gasteiger partial charge in [0.05, 0.1) is 18.1 Å². The van der Waals surface area contributed by atoms with Crippen LogP contribution in [0, 0.1) is 0 Å². The molecule has 0 spiro atoms. The zero-order valence-electron chi connectivity index (χ0n) is 12.2. The number of hydrogen-bond donors (Lipinski definition) is 1. The Morgan fingerprint density at radius 2 is 1.88 bits per heavy atom. The van der Waals surface area contributed by atoms with Crippen molar-refractivity contribution in [3.8, 4) is 5.69 Å². The predicted octanol–water partition coefficient (Wildman–Crippen LogP) is 3.45. The molecular formula is C16H11BrClN5O. The number of halogens is 2. The molecule has 3 aromatic rings. The van der Waals surface area contributed by atoms with Gasteiger partial charge in [0, 0.05) is 9.50 Å². The lowest BCUT2D eigenvalue weighted by Crippen LogP contribution is -2.18. The molecule has 1 heterocycles. The van der Waals surface area contributed by atoms with E-state index >= 15 is 0 Å². The van der Waals surface area contributed by atoms with Crippen LogP contribution in [0.4, 0.5) is 0 Å². The Balaban J connectivity index is 1.65. The molecule has 0 saturated heterocycles. The van der Waals surface area contributed by atoms with Crippen molar-refractivity contribution in [1.29, 1.82) is 0 Å². The second kappa shape index (κ2) is 7.37. The number of nitrogens with one attached hydrogen (secondary N) is 1. The standard InChI is InChI=1S/C16H11BrClN5O/c17-12-3-1-11(2-4-12)9-19-21-16(24)15-10-23(22-20-15)14-7-5-13(18)6-8-14/h1-10H,(H,21,24)/b19-9+. The van der Waals surface area contributed by atoms with Gasteiger partial charge in [-0.05, 0) is 42.0 Å². The van der Waals surface area contributed by atoms with E-state index in [2.05, 4.69) is 36.8 Å². The van der Waals surface area contributed by atoms with E-state index in [9.17, 15) is 4.79 Å². The molecule has 1 N–H and O–H groups in total. The van der Waals surface area contributed by atoms with Gasteiger partial charge in [-0.3, -0.25) is 4.79 Å². The molecule has 0 aliphatic heterocycles. The monoisotopic (exact) mass is 403 g/mol. The average molecular weight is 405 g/mol. The van der Waals surface area contributed by atoms with E-state index in [-0.39, 0.29) is 5.69 Å². The molecule has 0 aliphatic carbocycles. The molecule has 0 bridgehead atoms. The summed E-state index contributed by atoms with van der Waals surface area (Å²) in [5, 5.41) is 12.3. The first-order valence-electron chi connectivity index (χ1n) is 6.89. The van der Waals surface area contributed by atoms with Crippen molar-refractivity contribution < 1.29 is 4.79 Å². The lowest BCUT2D eigenvalue weighted by molar-refractivity contribution is 0.0950. The van der Waals surface area contributed by atoms with E-state index in [0.717, 1.165) is 15.7 Å². The van der Waals surface area contributed by atoms with Gasteiger partial charge in [-0.1, -0.05) is 44.9 Å². The molecule has 0 unspecified atom stereocenters. The molecule has 1 amide bonds. The summed E-state index contributed by atoms with van der Waals surface area (Å²) < 4.78 is 2.46. The van der Waals surface area contributed by atoms with Crippen molar-refractivity contribution in [3.63, 3.8) is 0 Å². The van der Waals surface area contributed by atoms with E-state index < -0.39 is 5.91 Å². The van der Waals surface area contributed by atoms with E-state index in [1.54, 1.807) is 30.5 Å². The van der Waals surface area contributed by atoms with Gasteiger partial charge in [0.2, 0.25) is 0 Å². The molecule has 8 heteroatoms. The largest absolute Gasteiger partial charge is 0.293 e. The van der Waals surface area contributed by atoms with Gasteiger partial charge < -0.3 is 0 Å². The smallest absolute Gasteiger partial charge is 0.265 e. The number of carbonyl (C=O) groups excluding carboxylic acids is 1. The highest BCUT2D eigenvalue weighted by Crippen LogP contribution is 2.12. The summed E-state index contributed by atoms with van der Waals surface area (Å²) in [5.74, 6) is -0.441. The van der Waals surface area contributed by atoms with Gasteiger partial charge in [-0.25, -0.2) is 10.1 Å². The minimum atomic E-state index is -0.441. The van der Waals surface area contributed by atoms with Crippen LogP contribution >= 0.6 is 27.5 Å². The van der Waals surface area contributed by atoms with Crippen LogP contribution in [0.15, 0.2) is 64.3 Å². The van der Waals surface area contributed by atoms with Crippen molar-refractivity contribution in [2.24, 2.45) is 5.10 Å². The number of benzene rings is 2. The van der Waals surface area contributed by atoms with E-state index in [1.807, 2.05) is 24.3 Å². The first kappa shape index (κ1) is 16.4. The van der Waals surface area contributed by atoms with Gasteiger partial charge in [-0.2, -0.15) is 5.10 Å². The molecule has 2 aromatic carbocycles. The fraction of sp³-hybridized carbons (Fsp3) is 0. The minimum Gasteiger partial charge on any atom is -0.265 e. The normalized spacial score (nSPS) is 10.9. The van der Waals surface area contributed by atoms with Gasteiger partial charge in [-0.15, -0.1) is 5.10 Å². The van der Waals surface area contributed by atoms with Crippen molar-refractivity contribution >= 4 is 39.7 Å². The molecule has 6 nitrogen and oxygen atoms in total. The first-order chi connectivity index (χ1) is 11.6. The van der Waals surface area contributed by atoms with Crippen LogP contribution < -0.4 is 5.43 Å². The maximum Gasteiger partial charge on any atom is 0.293 e. The summed E-state index contributed by atoms with van der Waals surface area (Å²) in [6, 6.07) is 14.6. The highest BCUT2D eigenvalue weighted by molar-refractivity contribution is 9.10. The Morgan fingerprint density at radius 1 is 1.17 bits per heavy atom. The molecule has 120 valence electrons. The van der Waals surface area contributed by atoms with Crippen molar-refractivity contribution in [2.45, 2.75) is 0 Å². The molecule has 24 heavy (non-hydrogen) atoms. The topological polar surface area (TPSA) is 72.2 Å². The lowest BCUT2D eigenvalue weighted by atomic mass is 10.2. The summed E-state index contributed by atoms with van der Waals surface area (Å²) in [5.41, 5.74) is 4.20. The minimum absolute atomic E-state index is 0.165. The van der Waals surface area contributed by atoms with Gasteiger partial charge in [0.25, 0.3) is 5.91 Å². The number of amides is 1. The van der Waals surface area contributed by atoms with Crippen LogP contribution in [0.1, 0.15) is 16.1 Å². The Labute approximate surface area is 151 Å². The van der Waals surface area contributed by atoms with Crippen molar-refractivity contribution in [3.05, 3.63) is 75.5 Å². The van der Waals surface area contributed by atoms with E-state index in [0.29, 0.717) is 5.02 Å². The van der Waals surface area contributed by atoms with Gasteiger partial charge in [0.15, 0.2) is 5.69 Å². The number of aromatic nitrogens is 3. The molecular weight excluding hydrogens is 394 g/mol. The molecule has 0 atom stereocenters. The van der Waals surface area contributed by atoms with Crippen LogP contribution in [0.25, 0.3) is 5.69 Å². The second-order valence-electron chi connectivity index (χ2n) is 4.78. The summed E-state index contributed by atoms with van der Waals surface area (Å²) >= 11 is 9.20. The SMILES string of the molecule is O=C(N/N=C/c1ccc(Br)cc1)c1cn(-c2ccc(Cl)cc2)nn1. The number of hydrazone groups is 1. The third kappa shape index (κ3) is 4.06. The maximum atomic E-state index is 12.0. The number of hydrogen-bond acceptors (Lipinski definition) is 4. The second-order valence-corrected chi connectivity index (χ2v) is 6.13. The van der Waals surface area contributed by atoms with E-state index in [4.69, 9.17) is 11.6 Å². The number of rotatable bonds is 4. The Kier molecular flexibility index (Phi) is 5.02. The summed E-state index contributed by atoms with van der Waals surface area (Å²) in [7, 11) is 0. The molecule has 0 saturated carbocycles. The van der Waals surface area contributed by atoms with Gasteiger partial charge >= 0.3 is 0 Å². The Morgan fingerprint density at radius 3 is 2.58 bits per heavy atom. The number of nitrogens with zero attached hydrogens (tertiary/aromatic N) is 4. The summed E-state index contributed by atoms with van der Waals surface area (Å²) in [6.45, 7) is 0. The quantitative estimate of drug-likeness (QED) is 0.535. The van der Waals surface area contributed by atoms with Crippen LogP contribution in [0.5, 0.6) is 0 Å². The zero-order valence-corrected chi connectivity index (χ0v) is 14.6. The maximum absolute atomic E-state index is 12.0. The molecule has 1 aromatic heterocycles. The molecule has 3 rings (SSSR count). The summed E-state index contributed by atoms with van der Waals surface area (Å²) in [4.78, 5) is 12.0. The van der Waals surface area contributed by atoms with Crippen molar-refractivity contribution in [2.75, 3.05) is 0 Å². The van der Waals surface area contributed by atoms with E-state index in [1.165, 1.54) is 10.9 Å². The third-order valence-electron chi connectivity index (χ3n) is 3.07. The first-order valence-corrected chi connectivity index (χ1v) is 8.06. The van der Waals surface area contributed by atoms with Crippen LogP contribution in [-0.4, -0.2) is 27.1 Å². The Hall–Kier alpha value is -2.51. The molecule has 0 radical (unpaired) electrons. The highest BCUT2D eigenvalue weighted by Gasteiger charge is 2.10. The zero-order chi connectivity index (χ0) is 16.9. The fourth-order valence-electron chi connectivity index (χ4n) is 1.86. The molecule has 0 fully saturated rings. The average Bonchev–Trinajstić information content (AvgIpc) is 3.07. The predicted molar refractivity (Wildman–Crippen MR) is 95.6 cm³/mol. The lowest BCUT2D eigenvalue weighted by Gasteiger charge is -1.98. The number of carbonyl (C=O) groups is 1. The molecule has 0 aliphatic rings. The third-order valence-corrected chi connectivity index (χ3v) is 3.85.